The van der Waals surface area contributed by atoms with Crippen LogP contribution in [0.4, 0.5) is 13.2 Å². The second kappa shape index (κ2) is 3.79. The molecule has 1 N–H and O–H groups in total. The molecule has 0 amide bonds. The summed E-state index contributed by atoms with van der Waals surface area (Å²) in [6.07, 6.45) is -2.86. The SMILES string of the molecule is CC(C)(C)c1cc(OCC(F)(F)F)c[nH]1. The molecule has 1 heterocycles. The Hall–Kier alpha value is -1.13. The van der Waals surface area contributed by atoms with E-state index in [1.54, 1.807) is 6.07 Å². The number of aromatic amines is 1. The van der Waals surface area contributed by atoms with E-state index >= 15 is 0 Å². The van der Waals surface area contributed by atoms with Gasteiger partial charge in [-0.15, -0.1) is 0 Å². The third kappa shape index (κ3) is 3.85. The van der Waals surface area contributed by atoms with Gasteiger partial charge >= 0.3 is 6.18 Å². The maximum absolute atomic E-state index is 11.8. The number of nitrogens with one attached hydrogen (secondary N) is 1. The summed E-state index contributed by atoms with van der Waals surface area (Å²) in [5.41, 5.74) is 0.722. The van der Waals surface area contributed by atoms with Crippen molar-refractivity contribution >= 4 is 0 Å². The molecule has 0 aliphatic carbocycles. The Kier molecular flexibility index (Phi) is 3.02. The van der Waals surface area contributed by atoms with Crippen molar-refractivity contribution in [3.63, 3.8) is 0 Å². The quantitative estimate of drug-likeness (QED) is 0.814. The van der Waals surface area contributed by atoms with Crippen molar-refractivity contribution in [1.82, 2.24) is 4.98 Å². The van der Waals surface area contributed by atoms with E-state index < -0.39 is 12.8 Å². The molecule has 0 aromatic carbocycles. The number of halogens is 3. The van der Waals surface area contributed by atoms with Crippen molar-refractivity contribution in [3.8, 4) is 5.75 Å². The fraction of sp³-hybridized carbons (Fsp3) is 0.600. The van der Waals surface area contributed by atoms with E-state index in [0.717, 1.165) is 5.69 Å². The van der Waals surface area contributed by atoms with Crippen LogP contribution in [0.25, 0.3) is 0 Å². The smallest absolute Gasteiger partial charge is 0.422 e. The number of hydrogen-bond acceptors (Lipinski definition) is 1. The second-order valence-electron chi connectivity index (χ2n) is 4.40. The number of ether oxygens (including phenoxy) is 1. The minimum Gasteiger partial charge on any atom is -0.483 e. The van der Waals surface area contributed by atoms with E-state index in [1.807, 2.05) is 20.8 Å². The molecule has 0 radical (unpaired) electrons. The molecule has 5 heteroatoms. The maximum atomic E-state index is 11.8. The highest BCUT2D eigenvalue weighted by Crippen LogP contribution is 2.25. The molecule has 0 atom stereocenters. The molecule has 2 nitrogen and oxygen atoms in total. The molecule has 1 rings (SSSR count). The van der Waals surface area contributed by atoms with Crippen LogP contribution in [0.1, 0.15) is 26.5 Å². The maximum Gasteiger partial charge on any atom is 0.422 e. The van der Waals surface area contributed by atoms with Crippen LogP contribution >= 0.6 is 0 Å². The van der Waals surface area contributed by atoms with Crippen LogP contribution in [0.3, 0.4) is 0 Å². The lowest BCUT2D eigenvalue weighted by atomic mass is 9.93. The Labute approximate surface area is 86.4 Å². The first kappa shape index (κ1) is 11.9. The molecule has 0 bridgehead atoms. The van der Waals surface area contributed by atoms with Gasteiger partial charge in [0, 0.05) is 23.4 Å². The van der Waals surface area contributed by atoms with Crippen LogP contribution in [0.15, 0.2) is 12.3 Å². The zero-order valence-corrected chi connectivity index (χ0v) is 8.90. The van der Waals surface area contributed by atoms with Gasteiger partial charge in [-0.3, -0.25) is 0 Å². The lowest BCUT2D eigenvalue weighted by Crippen LogP contribution is -2.19. The summed E-state index contributed by atoms with van der Waals surface area (Å²) in [7, 11) is 0. The van der Waals surface area contributed by atoms with Crippen molar-refractivity contribution in [2.45, 2.75) is 32.4 Å². The van der Waals surface area contributed by atoms with Gasteiger partial charge in [0.15, 0.2) is 6.61 Å². The Morgan fingerprint density at radius 2 is 1.87 bits per heavy atom. The summed E-state index contributed by atoms with van der Waals surface area (Å²) in [4.78, 5) is 2.89. The summed E-state index contributed by atoms with van der Waals surface area (Å²) in [5, 5.41) is 0. The first-order valence-electron chi connectivity index (χ1n) is 4.57. The topological polar surface area (TPSA) is 25.0 Å². The van der Waals surface area contributed by atoms with E-state index in [-0.39, 0.29) is 11.2 Å². The summed E-state index contributed by atoms with van der Waals surface area (Å²) in [5.74, 6) is 0.220. The average Bonchev–Trinajstić information content (AvgIpc) is 2.45. The number of alkyl halides is 3. The summed E-state index contributed by atoms with van der Waals surface area (Å²) < 4.78 is 40.1. The van der Waals surface area contributed by atoms with Gasteiger partial charge in [-0.1, -0.05) is 20.8 Å². The summed E-state index contributed by atoms with van der Waals surface area (Å²) in [6.45, 7) is 4.64. The Balaban J connectivity index is 2.62. The van der Waals surface area contributed by atoms with E-state index in [1.165, 1.54) is 6.20 Å². The molecule has 0 saturated carbocycles. The molecule has 0 aliphatic heterocycles. The molecule has 0 unspecified atom stereocenters. The van der Waals surface area contributed by atoms with Crippen LogP contribution in [0.2, 0.25) is 0 Å². The third-order valence-electron chi connectivity index (χ3n) is 1.87. The van der Waals surface area contributed by atoms with Gasteiger partial charge in [-0.2, -0.15) is 13.2 Å². The second-order valence-corrected chi connectivity index (χ2v) is 4.40. The Morgan fingerprint density at radius 1 is 1.27 bits per heavy atom. The molecule has 1 aromatic rings. The van der Waals surface area contributed by atoms with Gasteiger partial charge in [-0.05, 0) is 0 Å². The molecular weight excluding hydrogens is 207 g/mol. The molecule has 0 spiro atoms. The van der Waals surface area contributed by atoms with Crippen molar-refractivity contribution in [2.75, 3.05) is 6.61 Å². The lowest BCUT2D eigenvalue weighted by Gasteiger charge is -2.15. The zero-order chi connectivity index (χ0) is 11.7. The lowest BCUT2D eigenvalue weighted by molar-refractivity contribution is -0.153. The minimum absolute atomic E-state index is 0.125. The van der Waals surface area contributed by atoms with Gasteiger partial charge in [-0.25, -0.2) is 0 Å². The molecule has 0 aliphatic rings. The Morgan fingerprint density at radius 3 is 2.27 bits per heavy atom. The molecule has 0 saturated heterocycles. The van der Waals surface area contributed by atoms with E-state index in [9.17, 15) is 13.2 Å². The number of rotatable bonds is 2. The van der Waals surface area contributed by atoms with E-state index in [0.29, 0.717) is 0 Å². The predicted molar refractivity (Wildman–Crippen MR) is 51.0 cm³/mol. The normalized spacial score (nSPS) is 12.9. The monoisotopic (exact) mass is 221 g/mol. The van der Waals surface area contributed by atoms with Crippen molar-refractivity contribution in [3.05, 3.63) is 18.0 Å². The first-order valence-corrected chi connectivity index (χ1v) is 4.57. The van der Waals surface area contributed by atoms with Gasteiger partial charge in [0.1, 0.15) is 5.75 Å². The molecule has 1 aromatic heterocycles. The highest BCUT2D eigenvalue weighted by molar-refractivity contribution is 5.27. The molecule has 15 heavy (non-hydrogen) atoms. The fourth-order valence-corrected chi connectivity index (χ4v) is 1.06. The van der Waals surface area contributed by atoms with Gasteiger partial charge in [0.2, 0.25) is 0 Å². The van der Waals surface area contributed by atoms with Crippen LogP contribution < -0.4 is 4.74 Å². The van der Waals surface area contributed by atoms with Crippen LogP contribution in [0.5, 0.6) is 5.75 Å². The number of hydrogen-bond donors (Lipinski definition) is 1. The predicted octanol–water partition coefficient (Wildman–Crippen LogP) is 3.25. The Bertz CT molecular complexity index is 322. The van der Waals surface area contributed by atoms with Gasteiger partial charge < -0.3 is 9.72 Å². The van der Waals surface area contributed by atoms with Crippen molar-refractivity contribution in [1.29, 1.82) is 0 Å². The number of H-pyrrole nitrogens is 1. The van der Waals surface area contributed by atoms with Crippen molar-refractivity contribution < 1.29 is 17.9 Å². The van der Waals surface area contributed by atoms with Gasteiger partial charge in [0.05, 0.1) is 0 Å². The molecule has 0 fully saturated rings. The van der Waals surface area contributed by atoms with Crippen LogP contribution in [-0.4, -0.2) is 17.8 Å². The fourth-order valence-electron chi connectivity index (χ4n) is 1.06. The number of aromatic nitrogens is 1. The standard InChI is InChI=1S/C10H14F3NO/c1-9(2,3)8-4-7(5-14-8)15-6-10(11,12)13/h4-5,14H,6H2,1-3H3. The zero-order valence-electron chi connectivity index (χ0n) is 8.90. The third-order valence-corrected chi connectivity index (χ3v) is 1.87. The molecular formula is C10H14F3NO. The minimum atomic E-state index is -4.29. The van der Waals surface area contributed by atoms with E-state index in [2.05, 4.69) is 9.72 Å². The van der Waals surface area contributed by atoms with E-state index in [4.69, 9.17) is 0 Å². The largest absolute Gasteiger partial charge is 0.483 e. The average molecular weight is 221 g/mol. The summed E-state index contributed by atoms with van der Waals surface area (Å²) in [6, 6.07) is 1.59. The first-order chi connectivity index (χ1) is 6.68. The molecule has 86 valence electrons. The van der Waals surface area contributed by atoms with Gasteiger partial charge in [0.25, 0.3) is 0 Å². The van der Waals surface area contributed by atoms with Crippen molar-refractivity contribution in [2.24, 2.45) is 0 Å². The highest BCUT2D eigenvalue weighted by Gasteiger charge is 2.28. The summed E-state index contributed by atoms with van der Waals surface area (Å²) >= 11 is 0. The van der Waals surface area contributed by atoms with Crippen LogP contribution in [-0.2, 0) is 5.41 Å². The van der Waals surface area contributed by atoms with Crippen LogP contribution in [0, 0.1) is 0 Å². The highest BCUT2D eigenvalue weighted by atomic mass is 19.4.